The SMILES string of the molecule is COCC(O)CN(C)C(=O)c1ccc(OC(F)F)cc1. The molecule has 1 aromatic rings. The Morgan fingerprint density at radius 1 is 1.35 bits per heavy atom. The topological polar surface area (TPSA) is 59.0 Å². The van der Waals surface area contributed by atoms with E-state index in [1.54, 1.807) is 0 Å². The van der Waals surface area contributed by atoms with Crippen molar-refractivity contribution in [1.82, 2.24) is 4.90 Å². The number of ether oxygens (including phenoxy) is 2. The van der Waals surface area contributed by atoms with Gasteiger partial charge < -0.3 is 19.5 Å². The molecule has 0 aliphatic carbocycles. The summed E-state index contributed by atoms with van der Waals surface area (Å²) >= 11 is 0. The Bertz CT molecular complexity index is 425. The molecule has 0 aliphatic heterocycles. The molecule has 1 amide bonds. The molecule has 0 radical (unpaired) electrons. The molecule has 0 bridgehead atoms. The van der Waals surface area contributed by atoms with Gasteiger partial charge in [-0.1, -0.05) is 0 Å². The number of likely N-dealkylation sites (N-methyl/N-ethyl adjacent to an activating group) is 1. The maximum Gasteiger partial charge on any atom is 0.387 e. The van der Waals surface area contributed by atoms with E-state index in [2.05, 4.69) is 4.74 Å². The number of halogens is 2. The fourth-order valence-electron chi connectivity index (χ4n) is 1.64. The van der Waals surface area contributed by atoms with Crippen molar-refractivity contribution in [3.8, 4) is 5.75 Å². The summed E-state index contributed by atoms with van der Waals surface area (Å²) in [6.07, 6.45) is -0.782. The van der Waals surface area contributed by atoms with Gasteiger partial charge in [0.15, 0.2) is 0 Å². The first kappa shape index (κ1) is 16.3. The molecule has 1 aromatic carbocycles. The second-order valence-electron chi connectivity index (χ2n) is 4.20. The molecule has 5 nitrogen and oxygen atoms in total. The van der Waals surface area contributed by atoms with E-state index in [0.717, 1.165) is 0 Å². The zero-order valence-corrected chi connectivity index (χ0v) is 11.3. The second kappa shape index (κ2) is 7.76. The van der Waals surface area contributed by atoms with Gasteiger partial charge in [-0.05, 0) is 24.3 Å². The zero-order chi connectivity index (χ0) is 15.1. The molecule has 1 N–H and O–H groups in total. The minimum Gasteiger partial charge on any atom is -0.435 e. The van der Waals surface area contributed by atoms with Crippen LogP contribution in [0.15, 0.2) is 24.3 Å². The molecular formula is C13H17F2NO4. The second-order valence-corrected chi connectivity index (χ2v) is 4.20. The number of aliphatic hydroxyl groups excluding tert-OH is 1. The van der Waals surface area contributed by atoms with Gasteiger partial charge in [-0.25, -0.2) is 0 Å². The van der Waals surface area contributed by atoms with E-state index in [9.17, 15) is 18.7 Å². The van der Waals surface area contributed by atoms with E-state index >= 15 is 0 Å². The van der Waals surface area contributed by atoms with E-state index in [-0.39, 0.29) is 24.8 Å². The Hall–Kier alpha value is -1.73. The van der Waals surface area contributed by atoms with Crippen LogP contribution in [0.4, 0.5) is 8.78 Å². The number of nitrogens with zero attached hydrogens (tertiary/aromatic N) is 1. The van der Waals surface area contributed by atoms with E-state index in [1.165, 1.54) is 43.3 Å². The van der Waals surface area contributed by atoms with E-state index < -0.39 is 12.7 Å². The van der Waals surface area contributed by atoms with Crippen LogP contribution in [0.25, 0.3) is 0 Å². The molecule has 112 valence electrons. The summed E-state index contributed by atoms with van der Waals surface area (Å²) in [6, 6.07) is 5.36. The van der Waals surface area contributed by atoms with Crippen molar-refractivity contribution < 1.29 is 28.2 Å². The van der Waals surface area contributed by atoms with Crippen LogP contribution >= 0.6 is 0 Å². The van der Waals surface area contributed by atoms with Crippen LogP contribution in [-0.2, 0) is 4.74 Å². The third-order valence-corrected chi connectivity index (χ3v) is 2.52. The van der Waals surface area contributed by atoms with Gasteiger partial charge in [0.2, 0.25) is 0 Å². The summed E-state index contributed by atoms with van der Waals surface area (Å²) in [6.45, 7) is -2.66. The highest BCUT2D eigenvalue weighted by Crippen LogP contribution is 2.15. The predicted molar refractivity (Wildman–Crippen MR) is 67.9 cm³/mol. The normalized spacial score (nSPS) is 12.3. The van der Waals surface area contributed by atoms with E-state index in [1.807, 2.05) is 0 Å². The van der Waals surface area contributed by atoms with Crippen molar-refractivity contribution in [2.24, 2.45) is 0 Å². The van der Waals surface area contributed by atoms with Crippen molar-refractivity contribution in [2.75, 3.05) is 27.3 Å². The molecule has 0 aromatic heterocycles. The quantitative estimate of drug-likeness (QED) is 0.823. The largest absolute Gasteiger partial charge is 0.435 e. The lowest BCUT2D eigenvalue weighted by molar-refractivity contribution is -0.0498. The molecule has 1 atom stereocenters. The first-order valence-electron chi connectivity index (χ1n) is 5.91. The minimum atomic E-state index is -2.90. The van der Waals surface area contributed by atoms with Gasteiger partial charge in [0, 0.05) is 26.3 Å². The van der Waals surface area contributed by atoms with E-state index in [4.69, 9.17) is 4.74 Å². The van der Waals surface area contributed by atoms with Crippen molar-refractivity contribution >= 4 is 5.91 Å². The maximum absolute atomic E-state index is 12.0. The fraction of sp³-hybridized carbons (Fsp3) is 0.462. The molecular weight excluding hydrogens is 272 g/mol. The van der Waals surface area contributed by atoms with Crippen LogP contribution < -0.4 is 4.74 Å². The minimum absolute atomic E-state index is 0.0152. The average molecular weight is 289 g/mol. The Balaban J connectivity index is 2.62. The van der Waals surface area contributed by atoms with Crippen molar-refractivity contribution in [3.63, 3.8) is 0 Å². The number of methoxy groups -OCH3 is 1. The molecule has 0 fully saturated rings. The van der Waals surface area contributed by atoms with Gasteiger partial charge in [-0.2, -0.15) is 8.78 Å². The molecule has 1 rings (SSSR count). The molecule has 7 heteroatoms. The summed E-state index contributed by atoms with van der Waals surface area (Å²) in [4.78, 5) is 13.3. The van der Waals surface area contributed by atoms with Gasteiger partial charge in [0.05, 0.1) is 12.7 Å². The summed E-state index contributed by atoms with van der Waals surface area (Å²) in [5.74, 6) is -0.345. The van der Waals surface area contributed by atoms with E-state index in [0.29, 0.717) is 5.56 Å². The number of hydrogen-bond acceptors (Lipinski definition) is 4. The smallest absolute Gasteiger partial charge is 0.387 e. The van der Waals surface area contributed by atoms with Gasteiger partial charge in [-0.3, -0.25) is 4.79 Å². The summed E-state index contributed by atoms with van der Waals surface area (Å²) < 4.78 is 32.9. The lowest BCUT2D eigenvalue weighted by Gasteiger charge is -2.20. The monoisotopic (exact) mass is 289 g/mol. The maximum atomic E-state index is 12.0. The molecule has 0 saturated heterocycles. The van der Waals surface area contributed by atoms with Gasteiger partial charge >= 0.3 is 6.61 Å². The van der Waals surface area contributed by atoms with Crippen molar-refractivity contribution in [3.05, 3.63) is 29.8 Å². The Morgan fingerprint density at radius 3 is 2.45 bits per heavy atom. The van der Waals surface area contributed by atoms with Crippen LogP contribution in [0.3, 0.4) is 0 Å². The van der Waals surface area contributed by atoms with Gasteiger partial charge in [-0.15, -0.1) is 0 Å². The first-order chi connectivity index (χ1) is 9.43. The number of amides is 1. The molecule has 20 heavy (non-hydrogen) atoms. The number of benzene rings is 1. The molecule has 0 saturated carbocycles. The third kappa shape index (κ3) is 5.10. The molecule has 0 aliphatic rings. The zero-order valence-electron chi connectivity index (χ0n) is 11.3. The van der Waals surface area contributed by atoms with Crippen LogP contribution in [0.2, 0.25) is 0 Å². The Labute approximate surface area is 115 Å². The first-order valence-corrected chi connectivity index (χ1v) is 5.91. The highest BCUT2D eigenvalue weighted by Gasteiger charge is 2.15. The van der Waals surface area contributed by atoms with Crippen molar-refractivity contribution in [2.45, 2.75) is 12.7 Å². The fourth-order valence-corrected chi connectivity index (χ4v) is 1.64. The lowest BCUT2D eigenvalue weighted by Crippen LogP contribution is -2.36. The summed E-state index contributed by atoms with van der Waals surface area (Å²) in [7, 11) is 2.98. The molecule has 1 unspecified atom stereocenters. The van der Waals surface area contributed by atoms with Crippen LogP contribution in [-0.4, -0.2) is 55.9 Å². The number of hydrogen-bond donors (Lipinski definition) is 1. The number of alkyl halides is 2. The third-order valence-electron chi connectivity index (χ3n) is 2.52. The Morgan fingerprint density at radius 2 is 1.95 bits per heavy atom. The van der Waals surface area contributed by atoms with Gasteiger partial charge in [0.1, 0.15) is 5.75 Å². The van der Waals surface area contributed by atoms with Crippen LogP contribution in [0.1, 0.15) is 10.4 Å². The average Bonchev–Trinajstić information content (AvgIpc) is 2.38. The summed E-state index contributed by atoms with van der Waals surface area (Å²) in [5.41, 5.74) is 0.318. The lowest BCUT2D eigenvalue weighted by atomic mass is 10.2. The number of rotatable bonds is 7. The standard InChI is InChI=1S/C13H17F2NO4/c1-16(7-10(17)8-19-2)12(18)9-3-5-11(6-4-9)20-13(14)15/h3-6,10,13,17H,7-8H2,1-2H3. The predicted octanol–water partition coefficient (Wildman–Crippen LogP) is 1.37. The highest BCUT2D eigenvalue weighted by atomic mass is 19.3. The number of carbonyl (C=O) groups is 1. The van der Waals surface area contributed by atoms with Crippen LogP contribution in [0.5, 0.6) is 5.75 Å². The van der Waals surface area contributed by atoms with Crippen LogP contribution in [0, 0.1) is 0 Å². The van der Waals surface area contributed by atoms with Gasteiger partial charge in [0.25, 0.3) is 5.91 Å². The molecule has 0 spiro atoms. The number of carbonyl (C=O) groups excluding carboxylic acids is 1. The van der Waals surface area contributed by atoms with Crippen molar-refractivity contribution in [1.29, 1.82) is 0 Å². The highest BCUT2D eigenvalue weighted by molar-refractivity contribution is 5.94. The Kier molecular flexibility index (Phi) is 6.33. The summed E-state index contributed by atoms with van der Waals surface area (Å²) in [5, 5.41) is 9.54. The molecule has 0 heterocycles. The number of aliphatic hydroxyl groups is 1.